The van der Waals surface area contributed by atoms with Crippen LogP contribution in [0.15, 0.2) is 24.3 Å². The van der Waals surface area contributed by atoms with Crippen LogP contribution in [0.25, 0.3) is 0 Å². The first kappa shape index (κ1) is 12.1. The van der Waals surface area contributed by atoms with Crippen molar-refractivity contribution < 1.29 is 4.79 Å². The molecule has 2 atom stereocenters. The van der Waals surface area contributed by atoms with Gasteiger partial charge in [-0.2, -0.15) is 0 Å². The molecular formula is C14H20N2O. The number of hydrogen-bond acceptors (Lipinski definition) is 3. The molecule has 1 heterocycles. The molecule has 1 aromatic carbocycles. The second-order valence-electron chi connectivity index (χ2n) is 4.95. The van der Waals surface area contributed by atoms with E-state index in [4.69, 9.17) is 0 Å². The number of anilines is 1. The molecule has 0 radical (unpaired) electrons. The Balaban J connectivity index is 2.25. The Bertz CT molecular complexity index is 393. The lowest BCUT2D eigenvalue weighted by Crippen LogP contribution is -2.55. The average Bonchev–Trinajstić information content (AvgIpc) is 2.35. The summed E-state index contributed by atoms with van der Waals surface area (Å²) in [5.74, 6) is 0. The minimum absolute atomic E-state index is 0.512. The van der Waals surface area contributed by atoms with Crippen molar-refractivity contribution in [2.45, 2.75) is 25.9 Å². The van der Waals surface area contributed by atoms with Gasteiger partial charge in [0.05, 0.1) is 0 Å². The van der Waals surface area contributed by atoms with Crippen molar-refractivity contribution in [3.63, 3.8) is 0 Å². The smallest absolute Gasteiger partial charge is 0.152 e. The van der Waals surface area contributed by atoms with Crippen LogP contribution >= 0.6 is 0 Å². The van der Waals surface area contributed by atoms with E-state index in [2.05, 4.69) is 30.7 Å². The van der Waals surface area contributed by atoms with Gasteiger partial charge in [0.15, 0.2) is 6.29 Å². The Kier molecular flexibility index (Phi) is 3.48. The van der Waals surface area contributed by atoms with Gasteiger partial charge in [-0.15, -0.1) is 0 Å². The molecule has 3 heteroatoms. The number of piperazine rings is 1. The topological polar surface area (TPSA) is 23.6 Å². The first-order valence-electron chi connectivity index (χ1n) is 6.14. The maximum Gasteiger partial charge on any atom is 0.152 e. The van der Waals surface area contributed by atoms with Crippen LogP contribution in [-0.4, -0.2) is 43.4 Å². The Labute approximate surface area is 103 Å². The van der Waals surface area contributed by atoms with Crippen molar-refractivity contribution in [2.24, 2.45) is 0 Å². The molecule has 1 fully saturated rings. The van der Waals surface area contributed by atoms with Crippen molar-refractivity contribution in [1.82, 2.24) is 4.90 Å². The van der Waals surface area contributed by atoms with Gasteiger partial charge in [-0.25, -0.2) is 0 Å². The largest absolute Gasteiger partial charge is 0.368 e. The number of nitrogens with zero attached hydrogens (tertiary/aromatic N) is 2. The molecule has 0 saturated carbocycles. The van der Waals surface area contributed by atoms with E-state index in [0.29, 0.717) is 12.1 Å². The van der Waals surface area contributed by atoms with Crippen molar-refractivity contribution in [1.29, 1.82) is 0 Å². The van der Waals surface area contributed by atoms with Crippen LogP contribution in [0.1, 0.15) is 24.2 Å². The van der Waals surface area contributed by atoms with Crippen molar-refractivity contribution in [3.05, 3.63) is 29.8 Å². The lowest BCUT2D eigenvalue weighted by Gasteiger charge is -2.43. The van der Waals surface area contributed by atoms with Crippen LogP contribution in [0.5, 0.6) is 0 Å². The Morgan fingerprint density at radius 2 is 1.76 bits per heavy atom. The van der Waals surface area contributed by atoms with Gasteiger partial charge in [-0.05, 0) is 33.0 Å². The molecule has 0 spiro atoms. The molecule has 0 aliphatic carbocycles. The third-order valence-corrected chi connectivity index (χ3v) is 3.76. The first-order valence-corrected chi connectivity index (χ1v) is 6.14. The fraction of sp³-hybridized carbons (Fsp3) is 0.500. The maximum absolute atomic E-state index is 11.1. The monoisotopic (exact) mass is 232 g/mol. The number of hydrogen-bond donors (Lipinski definition) is 0. The summed E-state index contributed by atoms with van der Waals surface area (Å²) in [5, 5.41) is 0. The summed E-state index contributed by atoms with van der Waals surface area (Å²) in [7, 11) is 2.16. The molecular weight excluding hydrogens is 212 g/mol. The van der Waals surface area contributed by atoms with Crippen LogP contribution in [0.2, 0.25) is 0 Å². The van der Waals surface area contributed by atoms with Crippen LogP contribution in [0.3, 0.4) is 0 Å². The van der Waals surface area contributed by atoms with E-state index in [9.17, 15) is 4.79 Å². The van der Waals surface area contributed by atoms with Crippen LogP contribution in [0, 0.1) is 0 Å². The normalized spacial score (nSPS) is 25.9. The van der Waals surface area contributed by atoms with Gasteiger partial charge < -0.3 is 4.90 Å². The molecule has 0 bridgehead atoms. The van der Waals surface area contributed by atoms with Crippen LogP contribution in [-0.2, 0) is 0 Å². The second-order valence-corrected chi connectivity index (χ2v) is 4.95. The molecule has 0 unspecified atom stereocenters. The predicted octanol–water partition coefficient (Wildman–Crippen LogP) is 2.03. The second kappa shape index (κ2) is 4.88. The zero-order valence-electron chi connectivity index (χ0n) is 10.8. The van der Waals surface area contributed by atoms with Gasteiger partial charge >= 0.3 is 0 Å². The summed E-state index contributed by atoms with van der Waals surface area (Å²) < 4.78 is 0. The predicted molar refractivity (Wildman–Crippen MR) is 70.7 cm³/mol. The van der Waals surface area contributed by atoms with E-state index in [1.807, 2.05) is 24.3 Å². The zero-order chi connectivity index (χ0) is 12.4. The molecule has 1 saturated heterocycles. The number of para-hydroxylation sites is 1. The fourth-order valence-corrected chi connectivity index (χ4v) is 2.48. The first-order chi connectivity index (χ1) is 8.13. The van der Waals surface area contributed by atoms with Gasteiger partial charge in [0, 0.05) is 36.4 Å². The van der Waals surface area contributed by atoms with E-state index < -0.39 is 0 Å². The fourth-order valence-electron chi connectivity index (χ4n) is 2.48. The van der Waals surface area contributed by atoms with Crippen molar-refractivity contribution >= 4 is 12.0 Å². The van der Waals surface area contributed by atoms with Crippen LogP contribution in [0.4, 0.5) is 5.69 Å². The highest BCUT2D eigenvalue weighted by Gasteiger charge is 2.27. The lowest BCUT2D eigenvalue weighted by molar-refractivity contribution is 0.112. The SMILES string of the molecule is C[C@@H]1CN(c2ccccc2C=O)C[C@H](C)N1C. The van der Waals surface area contributed by atoms with E-state index in [1.165, 1.54) is 0 Å². The van der Waals surface area contributed by atoms with E-state index >= 15 is 0 Å². The number of benzene rings is 1. The number of aldehydes is 1. The Hall–Kier alpha value is -1.35. The highest BCUT2D eigenvalue weighted by atomic mass is 16.1. The van der Waals surface area contributed by atoms with Crippen molar-refractivity contribution in [2.75, 3.05) is 25.0 Å². The third kappa shape index (κ3) is 2.34. The number of rotatable bonds is 2. The molecule has 92 valence electrons. The maximum atomic E-state index is 11.1. The highest BCUT2D eigenvalue weighted by molar-refractivity contribution is 5.84. The van der Waals surface area contributed by atoms with E-state index in [0.717, 1.165) is 30.6 Å². The molecule has 2 rings (SSSR count). The average molecular weight is 232 g/mol. The summed E-state index contributed by atoms with van der Waals surface area (Å²) in [6, 6.07) is 8.85. The van der Waals surface area contributed by atoms with Gasteiger partial charge in [-0.3, -0.25) is 9.69 Å². The minimum atomic E-state index is 0.512. The van der Waals surface area contributed by atoms with Gasteiger partial charge in [0.2, 0.25) is 0 Å². The molecule has 1 aromatic rings. The molecule has 0 amide bonds. The van der Waals surface area contributed by atoms with Crippen LogP contribution < -0.4 is 4.90 Å². The van der Waals surface area contributed by atoms with E-state index in [1.54, 1.807) is 0 Å². The Morgan fingerprint density at radius 3 is 2.35 bits per heavy atom. The summed E-state index contributed by atoms with van der Waals surface area (Å²) in [6.07, 6.45) is 0.947. The quantitative estimate of drug-likeness (QED) is 0.729. The summed E-state index contributed by atoms with van der Waals surface area (Å²) in [6.45, 7) is 6.41. The molecule has 0 N–H and O–H groups in total. The summed E-state index contributed by atoms with van der Waals surface area (Å²) >= 11 is 0. The van der Waals surface area contributed by atoms with Crippen molar-refractivity contribution in [3.8, 4) is 0 Å². The number of carbonyl (C=O) groups excluding carboxylic acids is 1. The minimum Gasteiger partial charge on any atom is -0.368 e. The molecule has 1 aliphatic heterocycles. The lowest BCUT2D eigenvalue weighted by atomic mass is 10.1. The molecule has 17 heavy (non-hydrogen) atoms. The standard InChI is InChI=1S/C14H20N2O/c1-11-8-16(9-12(2)15(11)3)14-7-5-4-6-13(14)10-17/h4-7,10-12H,8-9H2,1-3H3/t11-,12+. The molecule has 3 nitrogen and oxygen atoms in total. The third-order valence-electron chi connectivity index (χ3n) is 3.76. The summed E-state index contributed by atoms with van der Waals surface area (Å²) in [4.78, 5) is 15.8. The number of likely N-dealkylation sites (N-methyl/N-ethyl adjacent to an activating group) is 1. The molecule has 1 aliphatic rings. The molecule has 0 aromatic heterocycles. The van der Waals surface area contributed by atoms with Gasteiger partial charge in [0.1, 0.15) is 0 Å². The highest BCUT2D eigenvalue weighted by Crippen LogP contribution is 2.23. The number of carbonyl (C=O) groups is 1. The zero-order valence-corrected chi connectivity index (χ0v) is 10.8. The summed E-state index contributed by atoms with van der Waals surface area (Å²) in [5.41, 5.74) is 1.85. The van der Waals surface area contributed by atoms with Gasteiger partial charge in [0.25, 0.3) is 0 Å². The van der Waals surface area contributed by atoms with E-state index in [-0.39, 0.29) is 0 Å². The Morgan fingerprint density at radius 1 is 1.18 bits per heavy atom. The van der Waals surface area contributed by atoms with Gasteiger partial charge in [-0.1, -0.05) is 12.1 Å².